The SMILES string of the molecule is Cc1ccc(-n2nc(C)c(S(=O)(=O)N3CCN(C)CC3)c2C)cc1. The van der Waals surface area contributed by atoms with Gasteiger partial charge in [0.05, 0.1) is 17.1 Å². The van der Waals surface area contributed by atoms with Crippen LogP contribution in [0, 0.1) is 20.8 Å². The van der Waals surface area contributed by atoms with E-state index < -0.39 is 10.0 Å². The van der Waals surface area contributed by atoms with Crippen LogP contribution in [-0.2, 0) is 10.0 Å². The molecule has 3 rings (SSSR count). The molecule has 0 atom stereocenters. The second-order valence-electron chi connectivity index (χ2n) is 6.45. The number of benzene rings is 1. The number of nitrogens with zero attached hydrogens (tertiary/aromatic N) is 4. The molecule has 1 aromatic carbocycles. The van der Waals surface area contributed by atoms with Gasteiger partial charge in [0.2, 0.25) is 10.0 Å². The van der Waals surface area contributed by atoms with Gasteiger partial charge in [0.15, 0.2) is 0 Å². The summed E-state index contributed by atoms with van der Waals surface area (Å²) < 4.78 is 29.5. The first-order chi connectivity index (χ1) is 11.3. The second-order valence-corrected chi connectivity index (χ2v) is 8.33. The van der Waals surface area contributed by atoms with Gasteiger partial charge in [-0.1, -0.05) is 17.7 Å². The van der Waals surface area contributed by atoms with Crippen LogP contribution in [0.15, 0.2) is 29.2 Å². The molecular formula is C17H24N4O2S. The lowest BCUT2D eigenvalue weighted by atomic mass is 10.2. The molecule has 0 amide bonds. The molecule has 0 radical (unpaired) electrons. The van der Waals surface area contributed by atoms with Gasteiger partial charge in [0.25, 0.3) is 0 Å². The first-order valence-corrected chi connectivity index (χ1v) is 9.56. The van der Waals surface area contributed by atoms with E-state index in [-0.39, 0.29) is 0 Å². The van der Waals surface area contributed by atoms with E-state index >= 15 is 0 Å². The number of hydrogen-bond donors (Lipinski definition) is 0. The molecular weight excluding hydrogens is 324 g/mol. The first kappa shape index (κ1) is 17.1. The minimum Gasteiger partial charge on any atom is -0.304 e. The minimum absolute atomic E-state index is 0.340. The van der Waals surface area contributed by atoms with Gasteiger partial charge in [-0.25, -0.2) is 13.1 Å². The van der Waals surface area contributed by atoms with Crippen molar-refractivity contribution in [2.24, 2.45) is 0 Å². The van der Waals surface area contributed by atoms with Crippen LogP contribution < -0.4 is 0 Å². The predicted molar refractivity (Wildman–Crippen MR) is 94.0 cm³/mol. The lowest BCUT2D eigenvalue weighted by Crippen LogP contribution is -2.47. The molecule has 0 aliphatic carbocycles. The Morgan fingerprint density at radius 1 is 0.958 bits per heavy atom. The smallest absolute Gasteiger partial charge is 0.246 e. The largest absolute Gasteiger partial charge is 0.304 e. The number of rotatable bonds is 3. The topological polar surface area (TPSA) is 58.4 Å². The third-order valence-electron chi connectivity index (χ3n) is 4.56. The second kappa shape index (κ2) is 6.31. The van der Waals surface area contributed by atoms with Gasteiger partial charge in [-0.3, -0.25) is 0 Å². The molecule has 24 heavy (non-hydrogen) atoms. The van der Waals surface area contributed by atoms with Crippen LogP contribution in [-0.4, -0.2) is 60.6 Å². The quantitative estimate of drug-likeness (QED) is 0.848. The predicted octanol–water partition coefficient (Wildman–Crippen LogP) is 1.73. The molecule has 1 saturated heterocycles. The molecule has 7 heteroatoms. The first-order valence-electron chi connectivity index (χ1n) is 8.12. The van der Waals surface area contributed by atoms with Crippen molar-refractivity contribution in [3.63, 3.8) is 0 Å². The molecule has 2 aromatic rings. The van der Waals surface area contributed by atoms with E-state index in [1.54, 1.807) is 15.9 Å². The highest BCUT2D eigenvalue weighted by atomic mass is 32.2. The lowest BCUT2D eigenvalue weighted by Gasteiger charge is -2.31. The molecule has 1 aliphatic rings. The van der Waals surface area contributed by atoms with Crippen molar-refractivity contribution in [3.05, 3.63) is 41.2 Å². The Morgan fingerprint density at radius 2 is 1.54 bits per heavy atom. The van der Waals surface area contributed by atoms with E-state index in [4.69, 9.17) is 0 Å². The third kappa shape index (κ3) is 2.99. The molecule has 1 fully saturated rings. The molecule has 2 heterocycles. The maximum absolute atomic E-state index is 13.1. The van der Waals surface area contributed by atoms with E-state index in [2.05, 4.69) is 10.00 Å². The maximum Gasteiger partial charge on any atom is 0.246 e. The molecule has 1 aliphatic heterocycles. The summed E-state index contributed by atoms with van der Waals surface area (Å²) in [4.78, 5) is 2.48. The number of aromatic nitrogens is 2. The normalized spacial score (nSPS) is 17.3. The van der Waals surface area contributed by atoms with Crippen molar-refractivity contribution in [2.75, 3.05) is 33.2 Å². The molecule has 0 saturated carbocycles. The van der Waals surface area contributed by atoms with Crippen LogP contribution in [0.5, 0.6) is 0 Å². The zero-order valence-corrected chi connectivity index (χ0v) is 15.5. The molecule has 6 nitrogen and oxygen atoms in total. The summed E-state index contributed by atoms with van der Waals surface area (Å²) in [5.74, 6) is 0. The van der Waals surface area contributed by atoms with Crippen LogP contribution >= 0.6 is 0 Å². The van der Waals surface area contributed by atoms with Gasteiger partial charge in [-0.05, 0) is 40.0 Å². The summed E-state index contributed by atoms with van der Waals surface area (Å²) in [6, 6.07) is 7.92. The Kier molecular flexibility index (Phi) is 4.50. The molecule has 0 unspecified atom stereocenters. The van der Waals surface area contributed by atoms with Crippen LogP contribution in [0.2, 0.25) is 0 Å². The number of piperazine rings is 1. The van der Waals surface area contributed by atoms with E-state index in [1.807, 2.05) is 45.2 Å². The molecule has 1 aromatic heterocycles. The lowest BCUT2D eigenvalue weighted by molar-refractivity contribution is 0.222. The highest BCUT2D eigenvalue weighted by Crippen LogP contribution is 2.26. The van der Waals surface area contributed by atoms with Gasteiger partial charge in [0, 0.05) is 26.2 Å². The van der Waals surface area contributed by atoms with E-state index in [9.17, 15) is 8.42 Å². The summed E-state index contributed by atoms with van der Waals surface area (Å²) in [7, 11) is -1.51. The van der Waals surface area contributed by atoms with E-state index in [0.29, 0.717) is 29.4 Å². The fourth-order valence-electron chi connectivity index (χ4n) is 3.10. The van der Waals surface area contributed by atoms with Crippen molar-refractivity contribution in [2.45, 2.75) is 25.7 Å². The Balaban J connectivity index is 2.01. The summed E-state index contributed by atoms with van der Waals surface area (Å²) in [5, 5.41) is 4.49. The minimum atomic E-state index is -3.52. The van der Waals surface area contributed by atoms with Crippen molar-refractivity contribution in [1.82, 2.24) is 19.0 Å². The fraction of sp³-hybridized carbons (Fsp3) is 0.471. The summed E-state index contributed by atoms with van der Waals surface area (Å²) in [5.41, 5.74) is 3.24. The summed E-state index contributed by atoms with van der Waals surface area (Å²) in [6.07, 6.45) is 0. The summed E-state index contributed by atoms with van der Waals surface area (Å²) in [6.45, 7) is 8.16. The molecule has 130 valence electrons. The molecule has 0 N–H and O–H groups in total. The monoisotopic (exact) mass is 348 g/mol. The van der Waals surface area contributed by atoms with Crippen molar-refractivity contribution in [1.29, 1.82) is 0 Å². The standard InChI is InChI=1S/C17H24N4O2S/c1-13-5-7-16(8-6-13)21-15(3)17(14(2)18-21)24(22,23)20-11-9-19(4)10-12-20/h5-8H,9-12H2,1-4H3. The van der Waals surface area contributed by atoms with Crippen LogP contribution in [0.3, 0.4) is 0 Å². The Hall–Kier alpha value is -1.70. The van der Waals surface area contributed by atoms with Gasteiger partial charge in [-0.15, -0.1) is 0 Å². The zero-order chi connectivity index (χ0) is 17.5. The maximum atomic E-state index is 13.1. The Morgan fingerprint density at radius 3 is 2.12 bits per heavy atom. The third-order valence-corrected chi connectivity index (χ3v) is 6.72. The highest BCUT2D eigenvalue weighted by molar-refractivity contribution is 7.89. The summed E-state index contributed by atoms with van der Waals surface area (Å²) >= 11 is 0. The van der Waals surface area contributed by atoms with Gasteiger partial charge >= 0.3 is 0 Å². The van der Waals surface area contributed by atoms with Crippen molar-refractivity contribution in [3.8, 4) is 5.69 Å². The number of hydrogen-bond acceptors (Lipinski definition) is 4. The highest BCUT2D eigenvalue weighted by Gasteiger charge is 2.32. The number of aryl methyl sites for hydroxylation is 2. The Bertz CT molecular complexity index is 832. The van der Waals surface area contributed by atoms with Gasteiger partial charge in [0.1, 0.15) is 4.90 Å². The van der Waals surface area contributed by atoms with Crippen LogP contribution in [0.25, 0.3) is 5.69 Å². The van der Waals surface area contributed by atoms with Crippen LogP contribution in [0.4, 0.5) is 0 Å². The number of sulfonamides is 1. The van der Waals surface area contributed by atoms with Crippen LogP contribution in [0.1, 0.15) is 17.0 Å². The Labute approximate surface area is 143 Å². The van der Waals surface area contributed by atoms with Crippen molar-refractivity contribution < 1.29 is 8.42 Å². The van der Waals surface area contributed by atoms with Crippen molar-refractivity contribution >= 4 is 10.0 Å². The zero-order valence-electron chi connectivity index (χ0n) is 14.7. The molecule has 0 spiro atoms. The van der Waals surface area contributed by atoms with Gasteiger partial charge < -0.3 is 4.90 Å². The number of likely N-dealkylation sites (N-methyl/N-ethyl adjacent to an activating group) is 1. The van der Waals surface area contributed by atoms with E-state index in [0.717, 1.165) is 24.3 Å². The van der Waals surface area contributed by atoms with E-state index in [1.165, 1.54) is 0 Å². The fourth-order valence-corrected chi connectivity index (χ4v) is 4.87. The average molecular weight is 348 g/mol. The average Bonchev–Trinajstić information content (AvgIpc) is 2.84. The van der Waals surface area contributed by atoms with Gasteiger partial charge in [-0.2, -0.15) is 9.40 Å². The molecule has 0 bridgehead atoms.